The van der Waals surface area contributed by atoms with Crippen molar-refractivity contribution in [1.29, 1.82) is 0 Å². The van der Waals surface area contributed by atoms with Gasteiger partial charge in [0.1, 0.15) is 24.7 Å². The molecule has 150 valence electrons. The van der Waals surface area contributed by atoms with Crippen LogP contribution in [0.4, 0.5) is 0 Å². The number of ether oxygens (including phenoxy) is 2. The molecule has 0 saturated carbocycles. The van der Waals surface area contributed by atoms with E-state index >= 15 is 0 Å². The highest BCUT2D eigenvalue weighted by atomic mass is 16.5. The molecule has 0 aliphatic carbocycles. The van der Waals surface area contributed by atoms with E-state index in [4.69, 9.17) is 9.47 Å². The molecule has 29 heavy (non-hydrogen) atoms. The summed E-state index contributed by atoms with van der Waals surface area (Å²) in [5.41, 5.74) is 1.77. The fourth-order valence-corrected chi connectivity index (χ4v) is 2.99. The summed E-state index contributed by atoms with van der Waals surface area (Å²) in [4.78, 5) is 12.7. The summed E-state index contributed by atoms with van der Waals surface area (Å²) < 4.78 is 11.5. The average molecular weight is 389 g/mol. The number of rotatable bonds is 10. The molecular formula is C25H27NO3. The number of carbonyl (C=O) groups is 1. The maximum atomic E-state index is 12.7. The van der Waals surface area contributed by atoms with E-state index in [-0.39, 0.29) is 17.9 Å². The average Bonchev–Trinajstić information content (AvgIpc) is 2.77. The maximum Gasteiger partial charge on any atom is 0.179 e. The molecule has 3 aromatic rings. The Balaban J connectivity index is 1.47. The Kier molecular flexibility index (Phi) is 7.42. The van der Waals surface area contributed by atoms with E-state index in [1.165, 1.54) is 0 Å². The Morgan fingerprint density at radius 3 is 2.03 bits per heavy atom. The van der Waals surface area contributed by atoms with E-state index in [2.05, 4.69) is 5.32 Å². The van der Waals surface area contributed by atoms with Crippen LogP contribution >= 0.6 is 0 Å². The van der Waals surface area contributed by atoms with Crippen LogP contribution < -0.4 is 14.8 Å². The molecule has 0 unspecified atom stereocenters. The fraction of sp³-hybridized carbons (Fsp3) is 0.240. The molecule has 0 aromatic heterocycles. The van der Waals surface area contributed by atoms with Gasteiger partial charge in [-0.3, -0.25) is 4.79 Å². The molecule has 0 spiro atoms. The van der Waals surface area contributed by atoms with Crippen LogP contribution in [0.5, 0.6) is 11.5 Å². The molecule has 3 rings (SSSR count). The zero-order valence-electron chi connectivity index (χ0n) is 16.9. The van der Waals surface area contributed by atoms with Gasteiger partial charge in [0.15, 0.2) is 5.78 Å². The minimum absolute atomic E-state index is 0.0441. The number of Topliss-reactive ketones (excluding diaryl/α,β-unsaturated/α-hetero) is 1. The van der Waals surface area contributed by atoms with Gasteiger partial charge in [0.05, 0.1) is 6.04 Å². The second-order valence-corrected chi connectivity index (χ2v) is 7.08. The quantitative estimate of drug-likeness (QED) is 0.501. The van der Waals surface area contributed by atoms with Gasteiger partial charge >= 0.3 is 0 Å². The monoisotopic (exact) mass is 389 g/mol. The first kappa shape index (κ1) is 20.6. The Morgan fingerprint density at radius 1 is 0.793 bits per heavy atom. The van der Waals surface area contributed by atoms with Crippen LogP contribution in [-0.2, 0) is 6.61 Å². The van der Waals surface area contributed by atoms with E-state index in [1.54, 1.807) is 0 Å². The number of ketones is 1. The molecule has 0 saturated heterocycles. The first-order chi connectivity index (χ1) is 14.1. The molecular weight excluding hydrogens is 362 g/mol. The van der Waals surface area contributed by atoms with E-state index in [0.717, 1.165) is 17.1 Å². The third-order valence-corrected chi connectivity index (χ3v) is 4.56. The van der Waals surface area contributed by atoms with Crippen molar-refractivity contribution in [3.05, 3.63) is 96.1 Å². The third-order valence-electron chi connectivity index (χ3n) is 4.56. The molecule has 3 aromatic carbocycles. The van der Waals surface area contributed by atoms with E-state index < -0.39 is 0 Å². The largest absolute Gasteiger partial charge is 0.492 e. The highest BCUT2D eigenvalue weighted by Gasteiger charge is 2.17. The van der Waals surface area contributed by atoms with Gasteiger partial charge in [0, 0.05) is 11.6 Å². The van der Waals surface area contributed by atoms with Crippen LogP contribution in [0.25, 0.3) is 0 Å². The molecule has 4 heteroatoms. The molecule has 0 aliphatic heterocycles. The second-order valence-electron chi connectivity index (χ2n) is 7.08. The highest BCUT2D eigenvalue weighted by molar-refractivity contribution is 5.99. The molecule has 0 radical (unpaired) electrons. The summed E-state index contributed by atoms with van der Waals surface area (Å²) in [6.45, 7) is 4.88. The van der Waals surface area contributed by atoms with Gasteiger partial charge in [-0.15, -0.1) is 0 Å². The lowest BCUT2D eigenvalue weighted by molar-refractivity contribution is 0.0940. The maximum absolute atomic E-state index is 12.7. The number of benzene rings is 3. The van der Waals surface area contributed by atoms with Gasteiger partial charge in [-0.25, -0.2) is 0 Å². The smallest absolute Gasteiger partial charge is 0.179 e. The van der Waals surface area contributed by atoms with Gasteiger partial charge in [0.2, 0.25) is 0 Å². The van der Waals surface area contributed by atoms with Crippen molar-refractivity contribution in [2.75, 3.05) is 6.61 Å². The number of hydrogen-bond acceptors (Lipinski definition) is 4. The van der Waals surface area contributed by atoms with Crippen LogP contribution in [0.3, 0.4) is 0 Å². The lowest BCUT2D eigenvalue weighted by Gasteiger charge is -2.20. The molecule has 0 heterocycles. The summed E-state index contributed by atoms with van der Waals surface area (Å²) in [7, 11) is 0. The minimum Gasteiger partial charge on any atom is -0.492 e. The van der Waals surface area contributed by atoms with Crippen molar-refractivity contribution < 1.29 is 14.3 Å². The van der Waals surface area contributed by atoms with Gasteiger partial charge in [-0.1, -0.05) is 48.5 Å². The SMILES string of the molecule is C[C@H](COc1ccccc1)N[C@@H](C)C(=O)c1ccc(OCc2ccccc2)cc1. The first-order valence-electron chi connectivity index (χ1n) is 9.86. The van der Waals surface area contributed by atoms with Gasteiger partial charge in [-0.2, -0.15) is 0 Å². The van der Waals surface area contributed by atoms with E-state index in [1.807, 2.05) is 98.8 Å². The number of nitrogens with one attached hydrogen (secondary N) is 1. The zero-order valence-corrected chi connectivity index (χ0v) is 16.9. The topological polar surface area (TPSA) is 47.6 Å². The van der Waals surface area contributed by atoms with Crippen molar-refractivity contribution in [1.82, 2.24) is 5.32 Å². The van der Waals surface area contributed by atoms with Crippen molar-refractivity contribution in [3.8, 4) is 11.5 Å². The number of carbonyl (C=O) groups excluding carboxylic acids is 1. The molecule has 0 fully saturated rings. The second kappa shape index (κ2) is 10.4. The molecule has 2 atom stereocenters. The van der Waals surface area contributed by atoms with Crippen LogP contribution in [-0.4, -0.2) is 24.5 Å². The first-order valence-corrected chi connectivity index (χ1v) is 9.86. The Morgan fingerprint density at radius 2 is 1.38 bits per heavy atom. The molecule has 0 bridgehead atoms. The molecule has 4 nitrogen and oxygen atoms in total. The standard InChI is InChI=1S/C25H27NO3/c1-19(17-28-23-11-7-4-8-12-23)26-20(2)25(27)22-13-15-24(16-14-22)29-18-21-9-5-3-6-10-21/h3-16,19-20,26H,17-18H2,1-2H3/t19-,20+/m1/s1. The fourth-order valence-electron chi connectivity index (χ4n) is 2.99. The summed E-state index contributed by atoms with van der Waals surface area (Å²) in [5, 5.41) is 3.30. The van der Waals surface area contributed by atoms with Crippen molar-refractivity contribution in [2.24, 2.45) is 0 Å². The summed E-state index contributed by atoms with van der Waals surface area (Å²) >= 11 is 0. The van der Waals surface area contributed by atoms with Crippen molar-refractivity contribution in [2.45, 2.75) is 32.5 Å². The highest BCUT2D eigenvalue weighted by Crippen LogP contribution is 2.16. The van der Waals surface area contributed by atoms with E-state index in [0.29, 0.717) is 18.8 Å². The van der Waals surface area contributed by atoms with Crippen LogP contribution in [0.1, 0.15) is 29.8 Å². The van der Waals surface area contributed by atoms with E-state index in [9.17, 15) is 4.79 Å². The molecule has 0 aliphatic rings. The van der Waals surface area contributed by atoms with Gasteiger partial charge in [0.25, 0.3) is 0 Å². The molecule has 1 N–H and O–H groups in total. The van der Waals surface area contributed by atoms with Crippen LogP contribution in [0, 0.1) is 0 Å². The van der Waals surface area contributed by atoms with Crippen LogP contribution in [0.2, 0.25) is 0 Å². The lowest BCUT2D eigenvalue weighted by atomic mass is 10.0. The van der Waals surface area contributed by atoms with Crippen molar-refractivity contribution in [3.63, 3.8) is 0 Å². The van der Waals surface area contributed by atoms with Crippen molar-refractivity contribution >= 4 is 5.78 Å². The Labute approximate surface area is 172 Å². The number of para-hydroxylation sites is 1. The molecule has 0 amide bonds. The zero-order chi connectivity index (χ0) is 20.5. The Hall–Kier alpha value is -3.11. The van der Waals surface area contributed by atoms with Gasteiger partial charge < -0.3 is 14.8 Å². The number of hydrogen-bond donors (Lipinski definition) is 1. The normalized spacial score (nSPS) is 12.8. The van der Waals surface area contributed by atoms with Gasteiger partial charge in [-0.05, 0) is 55.8 Å². The van der Waals surface area contributed by atoms with Crippen LogP contribution in [0.15, 0.2) is 84.9 Å². The predicted molar refractivity (Wildman–Crippen MR) is 116 cm³/mol. The summed E-state index contributed by atoms with van der Waals surface area (Å²) in [6.07, 6.45) is 0. The lowest BCUT2D eigenvalue weighted by Crippen LogP contribution is -2.42. The summed E-state index contributed by atoms with van der Waals surface area (Å²) in [6, 6.07) is 26.7. The third kappa shape index (κ3) is 6.47. The summed E-state index contributed by atoms with van der Waals surface area (Å²) in [5.74, 6) is 1.62. The Bertz CT molecular complexity index is 879. The predicted octanol–water partition coefficient (Wildman–Crippen LogP) is 4.89. The minimum atomic E-state index is -0.305.